The number of esters is 3. The van der Waals surface area contributed by atoms with Gasteiger partial charge < -0.3 is 14.2 Å². The molecule has 0 saturated heterocycles. The monoisotopic (exact) mass is 721 g/mol. The zero-order valence-corrected chi connectivity index (χ0v) is 34.1. The van der Waals surface area contributed by atoms with E-state index in [9.17, 15) is 14.4 Å². The van der Waals surface area contributed by atoms with Gasteiger partial charge in [-0.1, -0.05) is 187 Å². The van der Waals surface area contributed by atoms with Gasteiger partial charge in [0.05, 0.1) is 0 Å². The van der Waals surface area contributed by atoms with Crippen LogP contribution in [0.15, 0.2) is 12.2 Å². The van der Waals surface area contributed by atoms with Gasteiger partial charge in [0, 0.05) is 19.3 Å². The lowest BCUT2D eigenvalue weighted by Crippen LogP contribution is -2.30. The van der Waals surface area contributed by atoms with E-state index in [0.29, 0.717) is 19.3 Å². The van der Waals surface area contributed by atoms with Crippen LogP contribution in [0.4, 0.5) is 0 Å². The van der Waals surface area contributed by atoms with E-state index in [1.54, 1.807) is 0 Å². The standard InChI is InChI=1S/C45H84O6/c1-4-7-10-13-16-19-20-21-22-23-24-27-29-32-35-38-44(47)50-41-42(51-45(48)39-36-33-30-26-18-15-12-9-6-3)40-49-43(46)37-34-31-28-25-17-14-11-8-5-2/h19-20,42H,4-18,21-41H2,1-3H3/b20-19+/t42-/m1/s1. The van der Waals surface area contributed by atoms with Crippen molar-refractivity contribution in [1.82, 2.24) is 0 Å². The largest absolute Gasteiger partial charge is 0.462 e. The summed E-state index contributed by atoms with van der Waals surface area (Å²) < 4.78 is 16.6. The minimum absolute atomic E-state index is 0.0677. The Labute approximate surface area is 316 Å². The normalized spacial score (nSPS) is 12.0. The highest BCUT2D eigenvalue weighted by atomic mass is 16.6. The lowest BCUT2D eigenvalue weighted by atomic mass is 10.1. The summed E-state index contributed by atoms with van der Waals surface area (Å²) >= 11 is 0. The van der Waals surface area contributed by atoms with Crippen LogP contribution in [0.5, 0.6) is 0 Å². The molecule has 0 N–H and O–H groups in total. The van der Waals surface area contributed by atoms with E-state index in [1.807, 2.05) is 0 Å². The van der Waals surface area contributed by atoms with Crippen LogP contribution in [0.25, 0.3) is 0 Å². The Morgan fingerprint density at radius 2 is 0.647 bits per heavy atom. The van der Waals surface area contributed by atoms with Crippen LogP contribution >= 0.6 is 0 Å². The van der Waals surface area contributed by atoms with Crippen molar-refractivity contribution in [2.24, 2.45) is 0 Å². The van der Waals surface area contributed by atoms with E-state index in [1.165, 1.54) is 141 Å². The molecule has 0 amide bonds. The number of carbonyl (C=O) groups is 3. The molecule has 0 aromatic heterocycles. The first-order chi connectivity index (χ1) is 25.0. The zero-order chi connectivity index (χ0) is 37.3. The summed E-state index contributed by atoms with van der Waals surface area (Å²) in [6.07, 6.45) is 41.9. The molecule has 0 aliphatic carbocycles. The highest BCUT2D eigenvalue weighted by molar-refractivity contribution is 5.71. The number of allylic oxidation sites excluding steroid dienone is 2. The van der Waals surface area contributed by atoms with Gasteiger partial charge in [-0.2, -0.15) is 0 Å². The van der Waals surface area contributed by atoms with Gasteiger partial charge in [-0.05, 0) is 44.9 Å². The molecule has 1 atom stereocenters. The molecule has 51 heavy (non-hydrogen) atoms. The lowest BCUT2D eigenvalue weighted by molar-refractivity contribution is -0.167. The SMILES string of the molecule is CCCCCC/C=C/CCCCCCCCCC(=O)OC[C@@H](COC(=O)CCCCCCCCCCC)OC(=O)CCCCCCCCCCC. The van der Waals surface area contributed by atoms with Crippen LogP contribution < -0.4 is 0 Å². The molecule has 6 nitrogen and oxygen atoms in total. The Hall–Kier alpha value is -1.85. The van der Waals surface area contributed by atoms with Crippen molar-refractivity contribution < 1.29 is 28.6 Å². The van der Waals surface area contributed by atoms with E-state index in [-0.39, 0.29) is 31.1 Å². The van der Waals surface area contributed by atoms with Gasteiger partial charge in [-0.15, -0.1) is 0 Å². The summed E-state index contributed by atoms with van der Waals surface area (Å²) in [6, 6.07) is 0. The topological polar surface area (TPSA) is 78.9 Å². The number of ether oxygens (including phenoxy) is 3. The Morgan fingerprint density at radius 3 is 1.00 bits per heavy atom. The van der Waals surface area contributed by atoms with Crippen molar-refractivity contribution in [2.45, 2.75) is 245 Å². The Morgan fingerprint density at radius 1 is 0.373 bits per heavy atom. The number of carbonyl (C=O) groups excluding carboxylic acids is 3. The summed E-state index contributed by atoms with van der Waals surface area (Å²) in [5.74, 6) is -0.872. The van der Waals surface area contributed by atoms with Gasteiger partial charge in [0.25, 0.3) is 0 Å². The summed E-state index contributed by atoms with van der Waals surface area (Å²) in [6.45, 7) is 6.58. The molecular formula is C45H84O6. The van der Waals surface area contributed by atoms with Gasteiger partial charge >= 0.3 is 17.9 Å². The third-order valence-electron chi connectivity index (χ3n) is 9.77. The molecule has 0 unspecified atom stereocenters. The molecule has 0 aromatic carbocycles. The summed E-state index contributed by atoms with van der Waals surface area (Å²) in [4.78, 5) is 37.5. The van der Waals surface area contributed by atoms with Crippen LogP contribution in [-0.2, 0) is 28.6 Å². The molecule has 0 spiro atoms. The van der Waals surface area contributed by atoms with Crippen molar-refractivity contribution in [3.05, 3.63) is 12.2 Å². The number of rotatable bonds is 40. The predicted molar refractivity (Wildman–Crippen MR) is 215 cm³/mol. The Balaban J connectivity index is 4.29. The second-order valence-corrected chi connectivity index (χ2v) is 15.0. The van der Waals surface area contributed by atoms with Crippen molar-refractivity contribution in [1.29, 1.82) is 0 Å². The quantitative estimate of drug-likeness (QED) is 0.0271. The zero-order valence-electron chi connectivity index (χ0n) is 34.1. The molecule has 0 radical (unpaired) electrons. The fraction of sp³-hybridized carbons (Fsp3) is 0.889. The van der Waals surface area contributed by atoms with Crippen LogP contribution in [0.2, 0.25) is 0 Å². The summed E-state index contributed by atoms with van der Waals surface area (Å²) in [5.41, 5.74) is 0. The van der Waals surface area contributed by atoms with Gasteiger partial charge in [0.15, 0.2) is 6.10 Å². The first-order valence-electron chi connectivity index (χ1n) is 22.2. The maximum atomic E-state index is 12.6. The Bertz CT molecular complexity index is 794. The highest BCUT2D eigenvalue weighted by Crippen LogP contribution is 2.14. The predicted octanol–water partition coefficient (Wildman–Crippen LogP) is 13.9. The van der Waals surface area contributed by atoms with Crippen LogP contribution in [-0.4, -0.2) is 37.2 Å². The average molecular weight is 721 g/mol. The molecule has 0 saturated carbocycles. The van der Waals surface area contributed by atoms with Crippen molar-refractivity contribution in [3.63, 3.8) is 0 Å². The van der Waals surface area contributed by atoms with Crippen molar-refractivity contribution in [3.8, 4) is 0 Å². The average Bonchev–Trinajstić information content (AvgIpc) is 3.12. The molecular weight excluding hydrogens is 636 g/mol. The van der Waals surface area contributed by atoms with E-state index >= 15 is 0 Å². The fourth-order valence-corrected chi connectivity index (χ4v) is 6.38. The highest BCUT2D eigenvalue weighted by Gasteiger charge is 2.19. The maximum absolute atomic E-state index is 12.6. The van der Waals surface area contributed by atoms with Crippen LogP contribution in [0.1, 0.15) is 239 Å². The minimum Gasteiger partial charge on any atom is -0.462 e. The number of hydrogen-bond donors (Lipinski definition) is 0. The minimum atomic E-state index is -0.761. The van der Waals surface area contributed by atoms with Gasteiger partial charge in [0.1, 0.15) is 13.2 Å². The molecule has 6 heteroatoms. The molecule has 0 aliphatic rings. The van der Waals surface area contributed by atoms with Crippen molar-refractivity contribution in [2.75, 3.05) is 13.2 Å². The van der Waals surface area contributed by atoms with Crippen molar-refractivity contribution >= 4 is 17.9 Å². The molecule has 0 rings (SSSR count). The molecule has 300 valence electrons. The van der Waals surface area contributed by atoms with Crippen LogP contribution in [0, 0.1) is 0 Å². The molecule has 0 bridgehead atoms. The van der Waals surface area contributed by atoms with Gasteiger partial charge in [-0.3, -0.25) is 14.4 Å². The first kappa shape index (κ1) is 49.1. The molecule has 0 aliphatic heterocycles. The second-order valence-electron chi connectivity index (χ2n) is 15.0. The van der Waals surface area contributed by atoms with Gasteiger partial charge in [0.2, 0.25) is 0 Å². The summed E-state index contributed by atoms with van der Waals surface area (Å²) in [7, 11) is 0. The van der Waals surface area contributed by atoms with E-state index in [4.69, 9.17) is 14.2 Å². The third-order valence-corrected chi connectivity index (χ3v) is 9.77. The maximum Gasteiger partial charge on any atom is 0.306 e. The Kier molecular flexibility index (Phi) is 39.4. The lowest BCUT2D eigenvalue weighted by Gasteiger charge is -2.18. The summed E-state index contributed by atoms with van der Waals surface area (Å²) in [5, 5.41) is 0. The van der Waals surface area contributed by atoms with E-state index < -0.39 is 6.10 Å². The second kappa shape index (κ2) is 40.9. The van der Waals surface area contributed by atoms with E-state index in [0.717, 1.165) is 57.8 Å². The fourth-order valence-electron chi connectivity index (χ4n) is 6.38. The van der Waals surface area contributed by atoms with Crippen LogP contribution in [0.3, 0.4) is 0 Å². The molecule has 0 aromatic rings. The smallest absolute Gasteiger partial charge is 0.306 e. The molecule has 0 heterocycles. The number of hydrogen-bond acceptors (Lipinski definition) is 6. The number of unbranched alkanes of at least 4 members (excludes halogenated alkanes) is 27. The first-order valence-corrected chi connectivity index (χ1v) is 22.2. The third kappa shape index (κ3) is 39.2. The molecule has 0 fully saturated rings. The van der Waals surface area contributed by atoms with E-state index in [2.05, 4.69) is 32.9 Å². The van der Waals surface area contributed by atoms with Gasteiger partial charge in [-0.25, -0.2) is 0 Å².